The maximum Gasteiger partial charge on any atom is 0.260 e. The Morgan fingerprint density at radius 1 is 1.33 bits per heavy atom. The second-order valence-electron chi connectivity index (χ2n) is 5.94. The summed E-state index contributed by atoms with van der Waals surface area (Å²) in [6.45, 7) is 5.38. The SMILES string of the molecule is CCn1nc(C)cc1S(=O)(=O)N1C[C@H]2CC[C@@H](C1)C2N.Cl. The van der Waals surface area contributed by atoms with Gasteiger partial charge in [-0.05, 0) is 44.6 Å². The summed E-state index contributed by atoms with van der Waals surface area (Å²) < 4.78 is 28.8. The van der Waals surface area contributed by atoms with Gasteiger partial charge in [-0.25, -0.2) is 8.42 Å². The maximum atomic E-state index is 12.8. The summed E-state index contributed by atoms with van der Waals surface area (Å²) in [5.41, 5.74) is 6.89. The molecule has 8 heteroatoms. The van der Waals surface area contributed by atoms with Crippen molar-refractivity contribution in [2.45, 2.75) is 44.3 Å². The van der Waals surface area contributed by atoms with E-state index in [9.17, 15) is 8.42 Å². The highest BCUT2D eigenvalue weighted by molar-refractivity contribution is 7.89. The largest absolute Gasteiger partial charge is 0.327 e. The zero-order valence-corrected chi connectivity index (χ0v) is 14.0. The highest BCUT2D eigenvalue weighted by Gasteiger charge is 2.44. The normalized spacial score (nSPS) is 29.4. The lowest BCUT2D eigenvalue weighted by molar-refractivity contribution is 0.227. The molecule has 2 heterocycles. The summed E-state index contributed by atoms with van der Waals surface area (Å²) in [4.78, 5) is 0. The number of fused-ring (bicyclic) bond motifs is 2. The van der Waals surface area contributed by atoms with Gasteiger partial charge in [-0.15, -0.1) is 12.4 Å². The molecule has 2 aliphatic rings. The number of sulfonamides is 1. The van der Waals surface area contributed by atoms with Crippen molar-refractivity contribution < 1.29 is 8.42 Å². The molecular formula is C13H23ClN4O2S. The maximum absolute atomic E-state index is 12.8. The first-order valence-corrected chi connectivity index (χ1v) is 8.67. The molecule has 2 N–H and O–H groups in total. The van der Waals surface area contributed by atoms with Crippen molar-refractivity contribution in [3.63, 3.8) is 0 Å². The molecule has 1 aliphatic carbocycles. The molecule has 3 atom stereocenters. The monoisotopic (exact) mass is 334 g/mol. The van der Waals surface area contributed by atoms with Crippen LogP contribution in [0.1, 0.15) is 25.5 Å². The summed E-state index contributed by atoms with van der Waals surface area (Å²) in [6.07, 6.45) is 2.09. The van der Waals surface area contributed by atoms with Crippen molar-refractivity contribution in [1.82, 2.24) is 14.1 Å². The van der Waals surface area contributed by atoms with Crippen LogP contribution in [0.4, 0.5) is 0 Å². The van der Waals surface area contributed by atoms with Crippen LogP contribution in [0, 0.1) is 18.8 Å². The fourth-order valence-electron chi connectivity index (χ4n) is 3.51. The molecule has 2 fully saturated rings. The highest BCUT2D eigenvalue weighted by Crippen LogP contribution is 2.37. The Morgan fingerprint density at radius 3 is 2.43 bits per heavy atom. The van der Waals surface area contributed by atoms with E-state index >= 15 is 0 Å². The molecule has 1 aromatic rings. The number of piperidine rings is 1. The standard InChI is InChI=1S/C13H22N4O2S.ClH/c1-3-17-12(6-9(2)15-17)20(18,19)16-7-10-4-5-11(8-16)13(10)14;/h6,10-11,13H,3-5,7-8,14H2,1-2H3;1H/t10-,11+,13?;. The number of aromatic nitrogens is 2. The van der Waals surface area contributed by atoms with Gasteiger partial charge in [0, 0.05) is 25.7 Å². The van der Waals surface area contributed by atoms with E-state index in [1.807, 2.05) is 13.8 Å². The summed E-state index contributed by atoms with van der Waals surface area (Å²) in [5.74, 6) is 0.616. The average molecular weight is 335 g/mol. The number of aryl methyl sites for hydroxylation is 2. The zero-order chi connectivity index (χ0) is 14.5. The van der Waals surface area contributed by atoms with Crippen LogP contribution in [-0.2, 0) is 16.6 Å². The highest BCUT2D eigenvalue weighted by atomic mass is 35.5. The summed E-state index contributed by atoms with van der Waals surface area (Å²) in [5, 5.41) is 4.56. The van der Waals surface area contributed by atoms with Crippen molar-refractivity contribution >= 4 is 22.4 Å². The molecule has 0 radical (unpaired) electrons. The van der Waals surface area contributed by atoms with Gasteiger partial charge in [0.2, 0.25) is 0 Å². The quantitative estimate of drug-likeness (QED) is 0.893. The van der Waals surface area contributed by atoms with Gasteiger partial charge in [-0.1, -0.05) is 0 Å². The molecule has 120 valence electrons. The Bertz CT molecular complexity index is 602. The molecule has 21 heavy (non-hydrogen) atoms. The molecule has 6 nitrogen and oxygen atoms in total. The van der Waals surface area contributed by atoms with Crippen LogP contribution in [0.5, 0.6) is 0 Å². The van der Waals surface area contributed by atoms with Crippen LogP contribution in [0.2, 0.25) is 0 Å². The molecule has 3 rings (SSSR count). The smallest absolute Gasteiger partial charge is 0.260 e. The molecular weight excluding hydrogens is 312 g/mol. The van der Waals surface area contributed by atoms with Gasteiger partial charge < -0.3 is 5.73 Å². The molecule has 0 amide bonds. The minimum atomic E-state index is -3.45. The van der Waals surface area contributed by atoms with Gasteiger partial charge in [-0.3, -0.25) is 4.68 Å². The molecule has 2 bridgehead atoms. The van der Waals surface area contributed by atoms with Crippen molar-refractivity contribution in [2.75, 3.05) is 13.1 Å². The fraction of sp³-hybridized carbons (Fsp3) is 0.769. The van der Waals surface area contributed by atoms with Gasteiger partial charge in [0.15, 0.2) is 5.03 Å². The van der Waals surface area contributed by atoms with Gasteiger partial charge in [-0.2, -0.15) is 9.40 Å². The van der Waals surface area contributed by atoms with Crippen molar-refractivity contribution in [2.24, 2.45) is 17.6 Å². The van der Waals surface area contributed by atoms with Crippen molar-refractivity contribution in [1.29, 1.82) is 0 Å². The minimum absolute atomic E-state index is 0. The lowest BCUT2D eigenvalue weighted by atomic mass is 9.95. The summed E-state index contributed by atoms with van der Waals surface area (Å²) in [6, 6.07) is 1.83. The molecule has 1 aliphatic heterocycles. The third-order valence-corrected chi connectivity index (χ3v) is 6.48. The van der Waals surface area contributed by atoms with Crippen LogP contribution in [0.15, 0.2) is 11.1 Å². The third kappa shape index (κ3) is 2.72. The van der Waals surface area contributed by atoms with E-state index in [0.717, 1.165) is 18.5 Å². The van der Waals surface area contributed by atoms with E-state index in [1.165, 1.54) is 0 Å². The van der Waals surface area contributed by atoms with E-state index < -0.39 is 10.0 Å². The Kier molecular flexibility index (Phi) is 4.68. The lowest BCUT2D eigenvalue weighted by Gasteiger charge is -2.35. The number of nitrogens with zero attached hydrogens (tertiary/aromatic N) is 3. The van der Waals surface area contributed by atoms with Gasteiger partial charge in [0.05, 0.1) is 5.69 Å². The van der Waals surface area contributed by atoms with Crippen LogP contribution in [0.25, 0.3) is 0 Å². The van der Waals surface area contributed by atoms with E-state index in [4.69, 9.17) is 5.73 Å². The van der Waals surface area contributed by atoms with E-state index in [0.29, 0.717) is 36.5 Å². The van der Waals surface area contributed by atoms with E-state index in [1.54, 1.807) is 15.1 Å². The topological polar surface area (TPSA) is 81.2 Å². The number of hydrogen-bond acceptors (Lipinski definition) is 4. The third-order valence-electron chi connectivity index (χ3n) is 4.64. The van der Waals surface area contributed by atoms with E-state index in [-0.39, 0.29) is 18.4 Å². The molecule has 1 saturated heterocycles. The Morgan fingerprint density at radius 2 is 1.90 bits per heavy atom. The van der Waals surface area contributed by atoms with Crippen LogP contribution >= 0.6 is 12.4 Å². The molecule has 1 saturated carbocycles. The van der Waals surface area contributed by atoms with Crippen molar-refractivity contribution in [3.05, 3.63) is 11.8 Å². The first-order chi connectivity index (χ1) is 9.43. The predicted octanol–water partition coefficient (Wildman–Crippen LogP) is 0.991. The first kappa shape index (κ1) is 16.7. The first-order valence-electron chi connectivity index (χ1n) is 7.23. The second kappa shape index (κ2) is 5.87. The second-order valence-corrected chi connectivity index (χ2v) is 7.82. The molecule has 1 aromatic heterocycles. The minimum Gasteiger partial charge on any atom is -0.327 e. The Labute approximate surface area is 132 Å². The van der Waals surface area contributed by atoms with Gasteiger partial charge in [0.25, 0.3) is 10.0 Å². The zero-order valence-electron chi connectivity index (χ0n) is 12.4. The number of nitrogens with two attached hydrogens (primary N) is 1. The molecule has 1 unspecified atom stereocenters. The molecule has 0 aromatic carbocycles. The van der Waals surface area contributed by atoms with Gasteiger partial charge in [0.1, 0.15) is 0 Å². The number of hydrogen-bond donors (Lipinski definition) is 1. The Balaban J connectivity index is 0.00000161. The van der Waals surface area contributed by atoms with Crippen LogP contribution in [0.3, 0.4) is 0 Å². The number of rotatable bonds is 3. The fourth-order valence-corrected chi connectivity index (χ4v) is 5.30. The summed E-state index contributed by atoms with van der Waals surface area (Å²) in [7, 11) is -3.45. The van der Waals surface area contributed by atoms with Crippen molar-refractivity contribution in [3.8, 4) is 0 Å². The lowest BCUT2D eigenvalue weighted by Crippen LogP contribution is -2.50. The summed E-state index contributed by atoms with van der Waals surface area (Å²) >= 11 is 0. The van der Waals surface area contributed by atoms with Crippen LogP contribution in [-0.4, -0.2) is 41.6 Å². The average Bonchev–Trinajstić information content (AvgIpc) is 2.85. The van der Waals surface area contributed by atoms with Gasteiger partial charge >= 0.3 is 0 Å². The molecule has 0 spiro atoms. The Hall–Kier alpha value is -0.630. The predicted molar refractivity (Wildman–Crippen MR) is 82.8 cm³/mol. The number of halogens is 1. The van der Waals surface area contributed by atoms with Crippen LogP contribution < -0.4 is 5.73 Å². The van der Waals surface area contributed by atoms with E-state index in [2.05, 4.69) is 5.10 Å².